The molecule has 0 saturated carbocycles. The van der Waals surface area contributed by atoms with E-state index in [2.05, 4.69) is 22.0 Å². The first kappa shape index (κ1) is 20.3. The van der Waals surface area contributed by atoms with Gasteiger partial charge < -0.3 is 24.6 Å². The fourth-order valence-electron chi connectivity index (χ4n) is 3.49. The molecule has 1 aliphatic rings. The molecule has 0 spiro atoms. The molecule has 1 N–H and O–H groups in total. The van der Waals surface area contributed by atoms with Crippen LogP contribution >= 0.6 is 11.6 Å². The lowest BCUT2D eigenvalue weighted by atomic mass is 10.1. The van der Waals surface area contributed by atoms with Gasteiger partial charge in [-0.25, -0.2) is 0 Å². The third-order valence-electron chi connectivity index (χ3n) is 5.03. The number of carbonyl (C=O) groups excluding carboxylic acids is 1. The van der Waals surface area contributed by atoms with Gasteiger partial charge in [0.05, 0.1) is 30.6 Å². The van der Waals surface area contributed by atoms with Crippen molar-refractivity contribution in [3.8, 4) is 11.5 Å². The molecule has 1 heterocycles. The van der Waals surface area contributed by atoms with Gasteiger partial charge in [0.25, 0.3) is 5.91 Å². The summed E-state index contributed by atoms with van der Waals surface area (Å²) in [7, 11) is 3.06. The van der Waals surface area contributed by atoms with Gasteiger partial charge in [0.15, 0.2) is 0 Å². The number of para-hydroxylation sites is 1. The first-order chi connectivity index (χ1) is 13.6. The first-order valence-electron chi connectivity index (χ1n) is 9.37. The smallest absolute Gasteiger partial charge is 0.263 e. The van der Waals surface area contributed by atoms with Crippen molar-refractivity contribution >= 4 is 28.9 Å². The van der Waals surface area contributed by atoms with Crippen LogP contribution in [0.5, 0.6) is 11.5 Å². The van der Waals surface area contributed by atoms with E-state index in [1.165, 1.54) is 14.2 Å². The van der Waals surface area contributed by atoms with Gasteiger partial charge >= 0.3 is 0 Å². The molecule has 150 valence electrons. The summed E-state index contributed by atoms with van der Waals surface area (Å²) in [6, 6.07) is 10.8. The molecule has 0 unspecified atom stereocenters. The largest absolute Gasteiger partial charge is 0.496 e. The fraction of sp³-hybridized carbons (Fsp3) is 0.381. The van der Waals surface area contributed by atoms with Crippen molar-refractivity contribution in [1.29, 1.82) is 0 Å². The molecular weight excluding hydrogens is 378 g/mol. The van der Waals surface area contributed by atoms with Gasteiger partial charge in [-0.1, -0.05) is 30.7 Å². The van der Waals surface area contributed by atoms with Gasteiger partial charge in [-0.15, -0.1) is 0 Å². The number of methoxy groups -OCH3 is 2. The van der Waals surface area contributed by atoms with Crippen LogP contribution in [0, 0.1) is 0 Å². The predicted octanol–water partition coefficient (Wildman–Crippen LogP) is 3.75. The molecule has 2 aromatic carbocycles. The van der Waals surface area contributed by atoms with Crippen LogP contribution in [0.2, 0.25) is 5.02 Å². The Hall–Kier alpha value is -2.44. The molecule has 0 aliphatic carbocycles. The Morgan fingerprint density at radius 2 is 1.64 bits per heavy atom. The highest BCUT2D eigenvalue weighted by Crippen LogP contribution is 2.36. The molecule has 1 saturated heterocycles. The molecule has 0 atom stereocenters. The number of carbonyl (C=O) groups is 1. The Balaban J connectivity index is 1.90. The summed E-state index contributed by atoms with van der Waals surface area (Å²) in [6.45, 7) is 6.85. The molecule has 1 amide bonds. The second kappa shape index (κ2) is 9.17. The van der Waals surface area contributed by atoms with Gasteiger partial charge in [0.2, 0.25) is 0 Å². The summed E-state index contributed by atoms with van der Waals surface area (Å²) in [5, 5.41) is 3.62. The normalized spacial score (nSPS) is 14.6. The Morgan fingerprint density at radius 1 is 1.04 bits per heavy atom. The quantitative estimate of drug-likeness (QED) is 0.796. The van der Waals surface area contributed by atoms with Crippen LogP contribution in [0.4, 0.5) is 11.4 Å². The third kappa shape index (κ3) is 4.18. The minimum atomic E-state index is -0.301. The first-order valence-corrected chi connectivity index (χ1v) is 9.75. The van der Waals surface area contributed by atoms with Crippen LogP contribution in [0.3, 0.4) is 0 Å². The maximum atomic E-state index is 13.1. The number of rotatable bonds is 6. The number of ether oxygens (including phenoxy) is 2. The Morgan fingerprint density at radius 3 is 2.21 bits per heavy atom. The summed E-state index contributed by atoms with van der Waals surface area (Å²) < 4.78 is 10.7. The number of anilines is 2. The van der Waals surface area contributed by atoms with E-state index >= 15 is 0 Å². The number of nitrogens with zero attached hydrogens (tertiary/aromatic N) is 2. The molecule has 28 heavy (non-hydrogen) atoms. The van der Waals surface area contributed by atoms with E-state index in [-0.39, 0.29) is 5.91 Å². The zero-order chi connectivity index (χ0) is 20.1. The molecular formula is C21H26ClN3O3. The summed E-state index contributed by atoms with van der Waals surface area (Å²) >= 11 is 6.52. The van der Waals surface area contributed by atoms with E-state index < -0.39 is 0 Å². The van der Waals surface area contributed by atoms with Crippen molar-refractivity contribution in [2.24, 2.45) is 0 Å². The van der Waals surface area contributed by atoms with Crippen LogP contribution in [-0.2, 0) is 0 Å². The average Bonchev–Trinajstić information content (AvgIpc) is 2.73. The lowest BCUT2D eigenvalue weighted by molar-refractivity contribution is 0.102. The van der Waals surface area contributed by atoms with Crippen molar-refractivity contribution < 1.29 is 14.3 Å². The standard InChI is InChI=1S/C21H26ClN3O3/c1-4-24-11-13-25(14-12-24)20-15(22)7-5-8-16(20)23-21(26)19-17(27-2)9-6-10-18(19)28-3/h5-10H,4,11-14H2,1-3H3,(H,23,26). The number of benzene rings is 2. The summed E-state index contributed by atoms with van der Waals surface area (Å²) in [5.74, 6) is 0.610. The highest BCUT2D eigenvalue weighted by Gasteiger charge is 2.24. The molecule has 0 radical (unpaired) electrons. The second-order valence-electron chi connectivity index (χ2n) is 6.55. The van der Waals surface area contributed by atoms with Crippen molar-refractivity contribution in [2.75, 3.05) is 57.2 Å². The number of piperazine rings is 1. The van der Waals surface area contributed by atoms with Crippen molar-refractivity contribution in [2.45, 2.75) is 6.92 Å². The lowest BCUT2D eigenvalue weighted by Gasteiger charge is -2.36. The minimum absolute atomic E-state index is 0.301. The SMILES string of the molecule is CCN1CCN(c2c(Cl)cccc2NC(=O)c2c(OC)cccc2OC)CC1. The van der Waals surface area contributed by atoms with Crippen LogP contribution in [0.25, 0.3) is 0 Å². The maximum Gasteiger partial charge on any atom is 0.263 e. The van der Waals surface area contributed by atoms with Crippen LogP contribution < -0.4 is 19.7 Å². The number of nitrogens with one attached hydrogen (secondary N) is 1. The predicted molar refractivity (Wildman–Crippen MR) is 113 cm³/mol. The van der Waals surface area contributed by atoms with E-state index in [0.717, 1.165) is 38.4 Å². The zero-order valence-electron chi connectivity index (χ0n) is 16.5. The van der Waals surface area contributed by atoms with Crippen molar-refractivity contribution in [3.05, 3.63) is 47.0 Å². The topological polar surface area (TPSA) is 54.0 Å². The lowest BCUT2D eigenvalue weighted by Crippen LogP contribution is -2.46. The molecule has 7 heteroatoms. The second-order valence-corrected chi connectivity index (χ2v) is 6.96. The van der Waals surface area contributed by atoms with Gasteiger partial charge in [-0.05, 0) is 30.8 Å². The highest BCUT2D eigenvalue weighted by molar-refractivity contribution is 6.34. The monoisotopic (exact) mass is 403 g/mol. The van der Waals surface area contributed by atoms with E-state index in [1.807, 2.05) is 18.2 Å². The molecule has 2 aromatic rings. The van der Waals surface area contributed by atoms with Gasteiger partial charge in [0.1, 0.15) is 17.1 Å². The van der Waals surface area contributed by atoms with Crippen LogP contribution in [-0.4, -0.2) is 57.8 Å². The van der Waals surface area contributed by atoms with E-state index in [0.29, 0.717) is 27.8 Å². The van der Waals surface area contributed by atoms with E-state index in [9.17, 15) is 4.79 Å². The minimum Gasteiger partial charge on any atom is -0.496 e. The van der Waals surface area contributed by atoms with Gasteiger partial charge in [-0.3, -0.25) is 4.79 Å². The van der Waals surface area contributed by atoms with Crippen molar-refractivity contribution in [1.82, 2.24) is 4.90 Å². The molecule has 0 aromatic heterocycles. The van der Waals surface area contributed by atoms with E-state index in [4.69, 9.17) is 21.1 Å². The van der Waals surface area contributed by atoms with Gasteiger partial charge in [-0.2, -0.15) is 0 Å². The number of hydrogen-bond donors (Lipinski definition) is 1. The Labute approximate surface area is 171 Å². The Kier molecular flexibility index (Phi) is 6.65. The zero-order valence-corrected chi connectivity index (χ0v) is 17.3. The van der Waals surface area contributed by atoms with Crippen LogP contribution in [0.1, 0.15) is 17.3 Å². The maximum absolute atomic E-state index is 13.1. The van der Waals surface area contributed by atoms with Gasteiger partial charge in [0, 0.05) is 26.2 Å². The van der Waals surface area contributed by atoms with Crippen molar-refractivity contribution in [3.63, 3.8) is 0 Å². The highest BCUT2D eigenvalue weighted by atomic mass is 35.5. The number of hydrogen-bond acceptors (Lipinski definition) is 5. The summed E-state index contributed by atoms with van der Waals surface area (Å²) in [6.07, 6.45) is 0. The number of amides is 1. The number of likely N-dealkylation sites (N-methyl/N-ethyl adjacent to an activating group) is 1. The van der Waals surface area contributed by atoms with E-state index in [1.54, 1.807) is 18.2 Å². The summed E-state index contributed by atoms with van der Waals surface area (Å²) in [5.41, 5.74) is 1.88. The molecule has 0 bridgehead atoms. The molecule has 3 rings (SSSR count). The molecule has 1 fully saturated rings. The third-order valence-corrected chi connectivity index (χ3v) is 5.33. The average molecular weight is 404 g/mol. The molecule has 1 aliphatic heterocycles. The van der Waals surface area contributed by atoms with Crippen LogP contribution in [0.15, 0.2) is 36.4 Å². The summed E-state index contributed by atoms with van der Waals surface area (Å²) in [4.78, 5) is 17.7. The molecule has 6 nitrogen and oxygen atoms in total. The fourth-order valence-corrected chi connectivity index (χ4v) is 3.78. The Bertz CT molecular complexity index is 813. The number of halogens is 1.